The molecule has 0 radical (unpaired) electrons. The van der Waals surface area contributed by atoms with Crippen LogP contribution in [0.3, 0.4) is 0 Å². The molecule has 0 rings (SSSR count). The highest BCUT2D eigenvalue weighted by Crippen LogP contribution is 2.12. The van der Waals surface area contributed by atoms with E-state index in [1.165, 1.54) is 57.8 Å². The van der Waals surface area contributed by atoms with Gasteiger partial charge in [-0.25, -0.2) is 0 Å². The van der Waals surface area contributed by atoms with Crippen molar-refractivity contribution < 1.29 is 15.0 Å². The van der Waals surface area contributed by atoms with Gasteiger partial charge >= 0.3 is 0 Å². The maximum absolute atomic E-state index is 12.0. The normalized spacial score (nSPS) is 11.2. The number of hydrogen-bond donors (Lipinski definition) is 2. The lowest BCUT2D eigenvalue weighted by Crippen LogP contribution is -2.37. The summed E-state index contributed by atoms with van der Waals surface area (Å²) in [5, 5.41) is 18.0. The van der Waals surface area contributed by atoms with Crippen LogP contribution >= 0.6 is 0 Å². The molecule has 0 bridgehead atoms. The Hall–Kier alpha value is -0.610. The van der Waals surface area contributed by atoms with Crippen LogP contribution in [0.15, 0.2) is 0 Å². The largest absolute Gasteiger partial charge is 0.367 e. The molecule has 1 amide bonds. The van der Waals surface area contributed by atoms with Crippen molar-refractivity contribution in [1.29, 1.82) is 0 Å². The average molecular weight is 330 g/mol. The number of hydrogen-bond acceptors (Lipinski definition) is 3. The monoisotopic (exact) mass is 329 g/mol. The van der Waals surface area contributed by atoms with E-state index in [1.807, 2.05) is 6.92 Å². The first-order chi connectivity index (χ1) is 11.1. The van der Waals surface area contributed by atoms with Crippen LogP contribution < -0.4 is 0 Å². The first kappa shape index (κ1) is 22.4. The number of carbonyl (C=O) groups excluding carboxylic acids is 1. The van der Waals surface area contributed by atoms with E-state index < -0.39 is 6.29 Å². The summed E-state index contributed by atoms with van der Waals surface area (Å²) in [6, 6.07) is 0. The SMILES string of the molecule is CCCCCCCCCCCCCC(=O)N(CCC)CC(O)O. The van der Waals surface area contributed by atoms with Gasteiger partial charge in [0, 0.05) is 13.0 Å². The number of aliphatic hydroxyl groups is 2. The van der Waals surface area contributed by atoms with E-state index in [2.05, 4.69) is 6.92 Å². The molecule has 0 aliphatic rings. The number of nitrogens with zero attached hydrogens (tertiary/aromatic N) is 1. The molecule has 0 aromatic rings. The lowest BCUT2D eigenvalue weighted by Gasteiger charge is -2.22. The fraction of sp³-hybridized carbons (Fsp3) is 0.947. The molecule has 0 atom stereocenters. The summed E-state index contributed by atoms with van der Waals surface area (Å²) in [6.07, 6.45) is 13.9. The second-order valence-corrected chi connectivity index (χ2v) is 6.61. The molecule has 0 aromatic carbocycles. The molecule has 0 heterocycles. The van der Waals surface area contributed by atoms with Gasteiger partial charge in [-0.1, -0.05) is 78.1 Å². The molecule has 0 unspecified atom stereocenters. The maximum atomic E-state index is 12.0. The van der Waals surface area contributed by atoms with Gasteiger partial charge in [0.05, 0.1) is 6.54 Å². The third kappa shape index (κ3) is 14.7. The van der Waals surface area contributed by atoms with Gasteiger partial charge in [0.15, 0.2) is 6.29 Å². The predicted octanol–water partition coefficient (Wildman–Crippen LogP) is 4.24. The predicted molar refractivity (Wildman–Crippen MR) is 96.2 cm³/mol. The van der Waals surface area contributed by atoms with Crippen molar-refractivity contribution in [3.8, 4) is 0 Å². The van der Waals surface area contributed by atoms with E-state index in [9.17, 15) is 4.79 Å². The Morgan fingerprint density at radius 3 is 1.70 bits per heavy atom. The minimum Gasteiger partial charge on any atom is -0.367 e. The Balaban J connectivity index is 3.49. The van der Waals surface area contributed by atoms with Gasteiger partial charge in [-0.15, -0.1) is 0 Å². The number of carbonyl (C=O) groups is 1. The molecular formula is C19H39NO3. The molecule has 2 N–H and O–H groups in total. The van der Waals surface area contributed by atoms with Gasteiger partial charge in [-0.05, 0) is 12.8 Å². The average Bonchev–Trinajstić information content (AvgIpc) is 2.51. The highest BCUT2D eigenvalue weighted by molar-refractivity contribution is 5.76. The van der Waals surface area contributed by atoms with Gasteiger partial charge in [0.1, 0.15) is 0 Å². The number of unbranched alkanes of at least 4 members (excludes halogenated alkanes) is 10. The standard InChI is InChI=1S/C19H39NO3/c1-3-5-6-7-8-9-10-11-12-13-14-15-18(21)20(16-4-2)17-19(22)23/h19,22-23H,3-17H2,1-2H3. The van der Waals surface area contributed by atoms with Crippen LogP contribution in [-0.2, 0) is 4.79 Å². The zero-order chi connectivity index (χ0) is 17.3. The zero-order valence-corrected chi connectivity index (χ0v) is 15.4. The van der Waals surface area contributed by atoms with Crippen LogP contribution in [0.4, 0.5) is 0 Å². The second-order valence-electron chi connectivity index (χ2n) is 6.61. The van der Waals surface area contributed by atoms with Crippen LogP contribution in [0.1, 0.15) is 97.3 Å². The molecule has 4 heteroatoms. The summed E-state index contributed by atoms with van der Waals surface area (Å²) < 4.78 is 0. The summed E-state index contributed by atoms with van der Waals surface area (Å²) in [4.78, 5) is 13.6. The Bertz CT molecular complexity index is 269. The van der Waals surface area contributed by atoms with Crippen LogP contribution in [-0.4, -0.2) is 40.4 Å². The molecule has 0 aliphatic carbocycles. The topological polar surface area (TPSA) is 60.8 Å². The molecule has 0 saturated carbocycles. The van der Waals surface area contributed by atoms with E-state index >= 15 is 0 Å². The first-order valence-electron chi connectivity index (χ1n) is 9.75. The van der Waals surface area contributed by atoms with Crippen molar-refractivity contribution in [3.05, 3.63) is 0 Å². The van der Waals surface area contributed by atoms with E-state index in [-0.39, 0.29) is 12.5 Å². The summed E-state index contributed by atoms with van der Waals surface area (Å²) >= 11 is 0. The van der Waals surface area contributed by atoms with Gasteiger partial charge in [0.25, 0.3) is 0 Å². The van der Waals surface area contributed by atoms with Crippen molar-refractivity contribution in [2.75, 3.05) is 13.1 Å². The lowest BCUT2D eigenvalue weighted by molar-refractivity contribution is -0.137. The van der Waals surface area contributed by atoms with Crippen molar-refractivity contribution in [1.82, 2.24) is 4.90 Å². The lowest BCUT2D eigenvalue weighted by atomic mass is 10.1. The Morgan fingerprint density at radius 2 is 1.26 bits per heavy atom. The van der Waals surface area contributed by atoms with Crippen molar-refractivity contribution >= 4 is 5.91 Å². The summed E-state index contributed by atoms with van der Waals surface area (Å²) in [5.74, 6) is 0.0517. The Kier molecular flexibility index (Phi) is 15.8. The Morgan fingerprint density at radius 1 is 0.783 bits per heavy atom. The molecule has 0 fully saturated rings. The van der Waals surface area contributed by atoms with E-state index in [0.29, 0.717) is 13.0 Å². The van der Waals surface area contributed by atoms with E-state index in [0.717, 1.165) is 19.3 Å². The summed E-state index contributed by atoms with van der Waals surface area (Å²) in [5.41, 5.74) is 0. The number of aliphatic hydroxyl groups excluding tert-OH is 1. The second kappa shape index (κ2) is 16.3. The Labute approximate surface area is 143 Å². The van der Waals surface area contributed by atoms with Crippen LogP contribution in [0.5, 0.6) is 0 Å². The molecule has 4 nitrogen and oxygen atoms in total. The van der Waals surface area contributed by atoms with Crippen LogP contribution in [0, 0.1) is 0 Å². The van der Waals surface area contributed by atoms with Gasteiger partial charge < -0.3 is 15.1 Å². The smallest absolute Gasteiger partial charge is 0.222 e. The first-order valence-corrected chi connectivity index (χ1v) is 9.75. The van der Waals surface area contributed by atoms with E-state index in [4.69, 9.17) is 10.2 Å². The van der Waals surface area contributed by atoms with Gasteiger partial charge in [-0.2, -0.15) is 0 Å². The molecule has 138 valence electrons. The third-order valence-electron chi connectivity index (χ3n) is 4.22. The fourth-order valence-corrected chi connectivity index (χ4v) is 2.88. The highest BCUT2D eigenvalue weighted by atomic mass is 16.5. The zero-order valence-electron chi connectivity index (χ0n) is 15.4. The summed E-state index contributed by atoms with van der Waals surface area (Å²) in [7, 11) is 0. The van der Waals surface area contributed by atoms with Gasteiger partial charge in [-0.3, -0.25) is 4.79 Å². The van der Waals surface area contributed by atoms with Crippen molar-refractivity contribution in [2.45, 2.75) is 104 Å². The van der Waals surface area contributed by atoms with Crippen LogP contribution in [0.25, 0.3) is 0 Å². The number of amides is 1. The van der Waals surface area contributed by atoms with Gasteiger partial charge in [0.2, 0.25) is 5.91 Å². The highest BCUT2D eigenvalue weighted by Gasteiger charge is 2.14. The van der Waals surface area contributed by atoms with E-state index in [1.54, 1.807) is 4.90 Å². The quantitative estimate of drug-likeness (QED) is 0.329. The molecule has 0 spiro atoms. The molecular weight excluding hydrogens is 290 g/mol. The minimum atomic E-state index is -1.43. The van der Waals surface area contributed by atoms with Crippen LogP contribution in [0.2, 0.25) is 0 Å². The maximum Gasteiger partial charge on any atom is 0.222 e. The minimum absolute atomic E-state index is 0.0324. The third-order valence-corrected chi connectivity index (χ3v) is 4.22. The molecule has 0 aliphatic heterocycles. The molecule has 0 saturated heterocycles. The van der Waals surface area contributed by atoms with Crippen molar-refractivity contribution in [2.24, 2.45) is 0 Å². The number of rotatable bonds is 16. The fourth-order valence-electron chi connectivity index (χ4n) is 2.88. The summed E-state index contributed by atoms with van der Waals surface area (Å²) in [6.45, 7) is 4.88. The molecule has 23 heavy (non-hydrogen) atoms. The molecule has 0 aromatic heterocycles. The van der Waals surface area contributed by atoms with Crippen molar-refractivity contribution in [3.63, 3.8) is 0 Å².